The Kier molecular flexibility index (Phi) is 2.59. The quantitative estimate of drug-likeness (QED) is 0.871. The van der Waals surface area contributed by atoms with Crippen LogP contribution >= 0.6 is 0 Å². The van der Waals surface area contributed by atoms with Crippen molar-refractivity contribution in [2.45, 2.75) is 57.4 Å². The third-order valence-corrected chi connectivity index (χ3v) is 6.15. The Morgan fingerprint density at radius 3 is 2.45 bits per heavy atom. The number of aryl methyl sites for hydroxylation is 1. The van der Waals surface area contributed by atoms with E-state index in [9.17, 15) is 0 Å². The molecule has 22 heavy (non-hydrogen) atoms. The lowest BCUT2D eigenvalue weighted by molar-refractivity contribution is -0.0176. The monoisotopic (exact) mass is 298 g/mol. The predicted octanol–water partition coefficient (Wildman–Crippen LogP) is 3.42. The first-order valence-corrected chi connectivity index (χ1v) is 8.62. The Hall–Kier alpha value is -1.65. The van der Waals surface area contributed by atoms with Crippen LogP contribution in [0.3, 0.4) is 0 Å². The van der Waals surface area contributed by atoms with Crippen molar-refractivity contribution >= 4 is 0 Å². The molecule has 4 bridgehead atoms. The van der Waals surface area contributed by atoms with Gasteiger partial charge in [-0.3, -0.25) is 4.68 Å². The second-order valence-electron chi connectivity index (χ2n) is 7.64. The molecular weight excluding hydrogens is 276 g/mol. The van der Waals surface area contributed by atoms with Crippen molar-refractivity contribution in [3.8, 4) is 11.6 Å². The summed E-state index contributed by atoms with van der Waals surface area (Å²) in [5.74, 6) is 4.20. The zero-order chi connectivity index (χ0) is 14.7. The highest BCUT2D eigenvalue weighted by molar-refractivity contribution is 5.46. The molecule has 0 aliphatic heterocycles. The minimum atomic E-state index is 0.178. The molecule has 0 saturated heterocycles. The molecule has 2 aromatic rings. The smallest absolute Gasteiger partial charge is 0.265 e. The average molecular weight is 298 g/mol. The fourth-order valence-corrected chi connectivity index (χ4v) is 5.68. The number of hydrogen-bond donors (Lipinski definition) is 0. The van der Waals surface area contributed by atoms with E-state index in [1.165, 1.54) is 38.5 Å². The first kappa shape index (κ1) is 12.9. The molecule has 4 fully saturated rings. The van der Waals surface area contributed by atoms with Crippen LogP contribution in [0.1, 0.15) is 51.3 Å². The SMILES string of the molecule is CCn1nccc1-c1nnc(C23CC4CC(CC(C4)C2)C3)o1. The summed E-state index contributed by atoms with van der Waals surface area (Å²) < 4.78 is 8.09. The predicted molar refractivity (Wildman–Crippen MR) is 81.0 cm³/mol. The molecule has 0 unspecified atom stereocenters. The van der Waals surface area contributed by atoms with Crippen molar-refractivity contribution in [1.82, 2.24) is 20.0 Å². The normalized spacial score (nSPS) is 36.1. The molecular formula is C17H22N4O. The molecule has 0 aromatic carbocycles. The molecule has 4 aliphatic carbocycles. The molecule has 4 aliphatic rings. The zero-order valence-corrected chi connectivity index (χ0v) is 13.0. The van der Waals surface area contributed by atoms with Gasteiger partial charge in [-0.15, -0.1) is 10.2 Å². The Morgan fingerprint density at radius 2 is 1.82 bits per heavy atom. The van der Waals surface area contributed by atoms with Crippen LogP contribution in [-0.4, -0.2) is 20.0 Å². The third kappa shape index (κ3) is 1.74. The van der Waals surface area contributed by atoms with Gasteiger partial charge in [-0.2, -0.15) is 5.10 Å². The van der Waals surface area contributed by atoms with E-state index >= 15 is 0 Å². The minimum absolute atomic E-state index is 0.178. The van der Waals surface area contributed by atoms with Crippen molar-refractivity contribution in [2.24, 2.45) is 17.8 Å². The topological polar surface area (TPSA) is 56.7 Å². The standard InChI is InChI=1S/C17H22N4O/c1-2-21-14(3-4-18-21)15-19-20-16(22-15)17-8-11-5-12(9-17)7-13(6-11)10-17/h3-4,11-13H,2,5-10H2,1H3. The van der Waals surface area contributed by atoms with Crippen LogP contribution in [-0.2, 0) is 12.0 Å². The van der Waals surface area contributed by atoms with Crippen molar-refractivity contribution in [3.05, 3.63) is 18.2 Å². The summed E-state index contributed by atoms with van der Waals surface area (Å²) in [6.07, 6.45) is 9.87. The average Bonchev–Trinajstić information content (AvgIpc) is 3.15. The summed E-state index contributed by atoms with van der Waals surface area (Å²) in [5.41, 5.74) is 1.11. The molecule has 0 atom stereocenters. The van der Waals surface area contributed by atoms with Crippen molar-refractivity contribution in [2.75, 3.05) is 0 Å². The lowest BCUT2D eigenvalue weighted by Gasteiger charge is -2.55. The number of hydrogen-bond acceptors (Lipinski definition) is 4. The van der Waals surface area contributed by atoms with Gasteiger partial charge in [-0.05, 0) is 69.3 Å². The van der Waals surface area contributed by atoms with Crippen LogP contribution in [0.25, 0.3) is 11.6 Å². The summed E-state index contributed by atoms with van der Waals surface area (Å²) in [4.78, 5) is 0. The molecule has 2 aromatic heterocycles. The minimum Gasteiger partial charge on any atom is -0.419 e. The van der Waals surface area contributed by atoms with Gasteiger partial charge in [0.05, 0.1) is 0 Å². The maximum absolute atomic E-state index is 6.17. The van der Waals surface area contributed by atoms with Crippen molar-refractivity contribution < 1.29 is 4.42 Å². The highest BCUT2D eigenvalue weighted by atomic mass is 16.4. The molecule has 4 saturated carbocycles. The lowest BCUT2D eigenvalue weighted by atomic mass is 9.49. The van der Waals surface area contributed by atoms with Crippen LogP contribution in [0.5, 0.6) is 0 Å². The van der Waals surface area contributed by atoms with E-state index in [-0.39, 0.29) is 5.41 Å². The second-order valence-corrected chi connectivity index (χ2v) is 7.64. The Labute approximate surface area is 130 Å². The Bertz CT molecular complexity index is 666. The molecule has 2 heterocycles. The van der Waals surface area contributed by atoms with Gasteiger partial charge in [0.1, 0.15) is 5.69 Å². The molecule has 116 valence electrons. The van der Waals surface area contributed by atoms with E-state index in [1.807, 2.05) is 10.7 Å². The zero-order valence-electron chi connectivity index (χ0n) is 13.0. The fourth-order valence-electron chi connectivity index (χ4n) is 5.68. The number of aromatic nitrogens is 4. The summed E-state index contributed by atoms with van der Waals surface area (Å²) in [5, 5.41) is 13.1. The van der Waals surface area contributed by atoms with Gasteiger partial charge in [0, 0.05) is 18.2 Å². The van der Waals surface area contributed by atoms with Gasteiger partial charge >= 0.3 is 0 Å². The number of nitrogens with zero attached hydrogens (tertiary/aromatic N) is 4. The van der Waals surface area contributed by atoms with E-state index in [2.05, 4.69) is 22.2 Å². The van der Waals surface area contributed by atoms with Gasteiger partial charge in [0.2, 0.25) is 5.89 Å². The summed E-state index contributed by atoms with van der Waals surface area (Å²) in [6, 6.07) is 1.96. The lowest BCUT2D eigenvalue weighted by Crippen LogP contribution is -2.48. The third-order valence-electron chi connectivity index (χ3n) is 6.15. The van der Waals surface area contributed by atoms with Crippen LogP contribution in [0.15, 0.2) is 16.7 Å². The van der Waals surface area contributed by atoms with Gasteiger partial charge < -0.3 is 4.42 Å². The summed E-state index contributed by atoms with van der Waals surface area (Å²) >= 11 is 0. The van der Waals surface area contributed by atoms with Crippen molar-refractivity contribution in [3.63, 3.8) is 0 Å². The highest BCUT2D eigenvalue weighted by Gasteiger charge is 2.54. The maximum atomic E-state index is 6.17. The fraction of sp³-hybridized carbons (Fsp3) is 0.706. The number of rotatable bonds is 3. The summed E-state index contributed by atoms with van der Waals surface area (Å²) in [7, 11) is 0. The van der Waals surface area contributed by atoms with Crippen molar-refractivity contribution in [1.29, 1.82) is 0 Å². The van der Waals surface area contributed by atoms with E-state index in [0.29, 0.717) is 5.89 Å². The first-order valence-electron chi connectivity index (χ1n) is 8.62. The van der Waals surface area contributed by atoms with E-state index in [0.717, 1.165) is 35.9 Å². The van der Waals surface area contributed by atoms with Crippen LogP contribution in [0, 0.1) is 17.8 Å². The largest absolute Gasteiger partial charge is 0.419 e. The molecule has 0 radical (unpaired) electrons. The Morgan fingerprint density at radius 1 is 1.14 bits per heavy atom. The highest BCUT2D eigenvalue weighted by Crippen LogP contribution is 2.60. The first-order chi connectivity index (χ1) is 10.8. The van der Waals surface area contributed by atoms with Gasteiger partial charge in [0.15, 0.2) is 0 Å². The summed E-state index contributed by atoms with van der Waals surface area (Å²) in [6.45, 7) is 2.89. The maximum Gasteiger partial charge on any atom is 0.265 e. The van der Waals surface area contributed by atoms with Crippen LogP contribution < -0.4 is 0 Å². The van der Waals surface area contributed by atoms with Gasteiger partial charge in [0.25, 0.3) is 5.89 Å². The molecule has 0 amide bonds. The van der Waals surface area contributed by atoms with E-state index in [1.54, 1.807) is 6.20 Å². The van der Waals surface area contributed by atoms with Crippen LogP contribution in [0.4, 0.5) is 0 Å². The van der Waals surface area contributed by atoms with Crippen LogP contribution in [0.2, 0.25) is 0 Å². The van der Waals surface area contributed by atoms with Gasteiger partial charge in [-0.1, -0.05) is 0 Å². The molecule has 0 spiro atoms. The molecule has 5 nitrogen and oxygen atoms in total. The Balaban J connectivity index is 1.52. The molecule has 6 rings (SSSR count). The molecule has 0 N–H and O–H groups in total. The molecule has 5 heteroatoms. The van der Waals surface area contributed by atoms with E-state index in [4.69, 9.17) is 4.42 Å². The van der Waals surface area contributed by atoms with Gasteiger partial charge in [-0.25, -0.2) is 0 Å². The second kappa shape index (κ2) is 4.43. The van der Waals surface area contributed by atoms with E-state index < -0.39 is 0 Å².